The summed E-state index contributed by atoms with van der Waals surface area (Å²) >= 11 is 0. The van der Waals surface area contributed by atoms with Crippen LogP contribution in [0.2, 0.25) is 0 Å². The van der Waals surface area contributed by atoms with Crippen LogP contribution in [0, 0.1) is 0 Å². The van der Waals surface area contributed by atoms with Crippen LogP contribution in [0.15, 0.2) is 0 Å². The van der Waals surface area contributed by atoms with Gasteiger partial charge in [-0.3, -0.25) is 0 Å². The summed E-state index contributed by atoms with van der Waals surface area (Å²) in [5, 5.41) is 0. The fraction of sp³-hybridized carbons (Fsp3) is 1.00. The van der Waals surface area contributed by atoms with Crippen molar-refractivity contribution >= 4 is 0 Å². The van der Waals surface area contributed by atoms with E-state index < -0.39 is 0 Å². The maximum atomic E-state index is 2.40. The molecule has 0 aromatic carbocycles. The molecule has 96 valence electrons. The highest BCUT2D eigenvalue weighted by atomic mass is 15.2. The molecule has 0 aromatic heterocycles. The Morgan fingerprint density at radius 1 is 0.467 bits per heavy atom. The molecule has 1 aliphatic heterocycles. The SMILES string of the molecule is C.C.C.CN1CCN(C)CCN(C)CC1. The van der Waals surface area contributed by atoms with E-state index in [1.807, 2.05) is 0 Å². The highest BCUT2D eigenvalue weighted by Crippen LogP contribution is 1.93. The Bertz CT molecular complexity index is 92.3. The second-order valence-electron chi connectivity index (χ2n) is 3.91. The zero-order valence-corrected chi connectivity index (χ0v) is 8.58. The summed E-state index contributed by atoms with van der Waals surface area (Å²) in [4.78, 5) is 7.20. The first-order valence-corrected chi connectivity index (χ1v) is 4.74. The molecule has 0 spiro atoms. The molecule has 1 heterocycles. The van der Waals surface area contributed by atoms with Crippen molar-refractivity contribution in [3.8, 4) is 0 Å². The molecule has 0 radical (unpaired) electrons. The first-order chi connectivity index (χ1) is 5.68. The van der Waals surface area contributed by atoms with E-state index in [1.165, 1.54) is 39.3 Å². The van der Waals surface area contributed by atoms with Crippen molar-refractivity contribution in [2.24, 2.45) is 0 Å². The highest BCUT2D eigenvalue weighted by Gasteiger charge is 2.08. The summed E-state index contributed by atoms with van der Waals surface area (Å²) in [5.41, 5.74) is 0. The monoisotopic (exact) mass is 219 g/mol. The van der Waals surface area contributed by atoms with Crippen molar-refractivity contribution in [2.45, 2.75) is 22.3 Å². The third kappa shape index (κ3) is 8.85. The van der Waals surface area contributed by atoms with Gasteiger partial charge in [0.15, 0.2) is 0 Å². The quantitative estimate of drug-likeness (QED) is 0.614. The van der Waals surface area contributed by atoms with Crippen molar-refractivity contribution in [3.63, 3.8) is 0 Å². The summed E-state index contributed by atoms with van der Waals surface area (Å²) in [6.07, 6.45) is 0. The van der Waals surface area contributed by atoms with Crippen LogP contribution < -0.4 is 0 Å². The van der Waals surface area contributed by atoms with E-state index in [-0.39, 0.29) is 22.3 Å². The van der Waals surface area contributed by atoms with Gasteiger partial charge >= 0.3 is 0 Å². The van der Waals surface area contributed by atoms with Gasteiger partial charge < -0.3 is 14.7 Å². The second kappa shape index (κ2) is 10.4. The molecule has 0 unspecified atom stereocenters. The van der Waals surface area contributed by atoms with E-state index in [2.05, 4.69) is 35.8 Å². The molecule has 3 nitrogen and oxygen atoms in total. The standard InChI is InChI=1S/C9H21N3.3CH4/c1-10-4-6-11(2)8-9-12(3)7-5-10;;;/h4-9H2,1-3H3;3*1H4. The Labute approximate surface area is 98.0 Å². The predicted molar refractivity (Wildman–Crippen MR) is 72.7 cm³/mol. The second-order valence-corrected chi connectivity index (χ2v) is 3.91. The molecule has 1 saturated heterocycles. The van der Waals surface area contributed by atoms with Crippen molar-refractivity contribution in [1.82, 2.24) is 14.7 Å². The number of likely N-dealkylation sites (N-methyl/N-ethyl adjacent to an activating group) is 3. The van der Waals surface area contributed by atoms with E-state index in [0.29, 0.717) is 0 Å². The van der Waals surface area contributed by atoms with Crippen LogP contribution >= 0.6 is 0 Å². The largest absolute Gasteiger partial charge is 0.304 e. The van der Waals surface area contributed by atoms with E-state index in [1.54, 1.807) is 0 Å². The van der Waals surface area contributed by atoms with Crippen LogP contribution in [0.3, 0.4) is 0 Å². The Hall–Kier alpha value is -0.120. The van der Waals surface area contributed by atoms with Gasteiger partial charge in [0.2, 0.25) is 0 Å². The van der Waals surface area contributed by atoms with Crippen LogP contribution in [0.25, 0.3) is 0 Å². The van der Waals surface area contributed by atoms with E-state index in [9.17, 15) is 0 Å². The minimum Gasteiger partial charge on any atom is -0.304 e. The van der Waals surface area contributed by atoms with Gasteiger partial charge in [0, 0.05) is 39.3 Å². The Morgan fingerprint density at radius 3 is 0.733 bits per heavy atom. The van der Waals surface area contributed by atoms with Crippen molar-refractivity contribution in [2.75, 3.05) is 60.4 Å². The van der Waals surface area contributed by atoms with Crippen molar-refractivity contribution < 1.29 is 0 Å². The molecule has 1 aliphatic rings. The average molecular weight is 219 g/mol. The molecule has 3 heteroatoms. The molecule has 0 bridgehead atoms. The summed E-state index contributed by atoms with van der Waals surface area (Å²) in [6.45, 7) is 7.19. The lowest BCUT2D eigenvalue weighted by Gasteiger charge is -2.18. The summed E-state index contributed by atoms with van der Waals surface area (Å²) in [6, 6.07) is 0. The van der Waals surface area contributed by atoms with Crippen LogP contribution in [-0.2, 0) is 0 Å². The summed E-state index contributed by atoms with van der Waals surface area (Å²) < 4.78 is 0. The zero-order chi connectivity index (χ0) is 8.97. The van der Waals surface area contributed by atoms with Crippen molar-refractivity contribution in [3.05, 3.63) is 0 Å². The lowest BCUT2D eigenvalue weighted by molar-refractivity contribution is 0.277. The highest BCUT2D eigenvalue weighted by molar-refractivity contribution is 4.64. The predicted octanol–water partition coefficient (Wildman–Crippen LogP) is 1.70. The van der Waals surface area contributed by atoms with Gasteiger partial charge in [-0.2, -0.15) is 0 Å². The summed E-state index contributed by atoms with van der Waals surface area (Å²) in [5.74, 6) is 0. The number of rotatable bonds is 0. The molecule has 15 heavy (non-hydrogen) atoms. The lowest BCUT2D eigenvalue weighted by Crippen LogP contribution is -2.31. The number of nitrogens with zero attached hydrogens (tertiary/aromatic N) is 3. The molecule has 0 atom stereocenters. The smallest absolute Gasteiger partial charge is 0.0107 e. The fourth-order valence-electron chi connectivity index (χ4n) is 1.36. The topological polar surface area (TPSA) is 9.72 Å². The molecule has 0 aromatic rings. The number of hydrogen-bond acceptors (Lipinski definition) is 3. The third-order valence-electron chi connectivity index (χ3n) is 2.59. The lowest BCUT2D eigenvalue weighted by atomic mass is 10.5. The normalized spacial score (nSPS) is 21.0. The van der Waals surface area contributed by atoms with Gasteiger partial charge in [0.25, 0.3) is 0 Å². The first-order valence-electron chi connectivity index (χ1n) is 4.74. The van der Waals surface area contributed by atoms with Gasteiger partial charge in [0.05, 0.1) is 0 Å². The average Bonchev–Trinajstić information content (AvgIpc) is 2.11. The van der Waals surface area contributed by atoms with E-state index in [0.717, 1.165) is 0 Å². The van der Waals surface area contributed by atoms with Crippen LogP contribution in [0.1, 0.15) is 22.3 Å². The minimum atomic E-state index is 0. The molecule has 0 N–H and O–H groups in total. The Balaban J connectivity index is -0.000000480. The van der Waals surface area contributed by atoms with Crippen LogP contribution in [-0.4, -0.2) is 75.1 Å². The van der Waals surface area contributed by atoms with Gasteiger partial charge in [-0.05, 0) is 21.1 Å². The van der Waals surface area contributed by atoms with Gasteiger partial charge in [-0.25, -0.2) is 0 Å². The van der Waals surface area contributed by atoms with Crippen molar-refractivity contribution in [1.29, 1.82) is 0 Å². The molecular weight excluding hydrogens is 186 g/mol. The van der Waals surface area contributed by atoms with E-state index >= 15 is 0 Å². The maximum absolute atomic E-state index is 2.40. The Kier molecular flexibility index (Phi) is 14.1. The van der Waals surface area contributed by atoms with E-state index in [4.69, 9.17) is 0 Å². The zero-order valence-electron chi connectivity index (χ0n) is 8.58. The molecular formula is C12H33N3. The minimum absolute atomic E-state index is 0. The molecule has 0 saturated carbocycles. The van der Waals surface area contributed by atoms with Crippen LogP contribution in [0.5, 0.6) is 0 Å². The number of hydrogen-bond donors (Lipinski definition) is 0. The first kappa shape index (κ1) is 20.3. The van der Waals surface area contributed by atoms with Gasteiger partial charge in [-0.1, -0.05) is 22.3 Å². The maximum Gasteiger partial charge on any atom is 0.0107 e. The fourth-order valence-corrected chi connectivity index (χ4v) is 1.36. The molecule has 0 aliphatic carbocycles. The molecule has 1 fully saturated rings. The summed E-state index contributed by atoms with van der Waals surface area (Å²) in [7, 11) is 6.60. The van der Waals surface area contributed by atoms with Crippen LogP contribution in [0.4, 0.5) is 0 Å². The Morgan fingerprint density at radius 2 is 0.600 bits per heavy atom. The molecule has 1 rings (SSSR count). The third-order valence-corrected chi connectivity index (χ3v) is 2.59. The van der Waals surface area contributed by atoms with Gasteiger partial charge in [0.1, 0.15) is 0 Å². The van der Waals surface area contributed by atoms with Gasteiger partial charge in [-0.15, -0.1) is 0 Å². The molecule has 0 amide bonds.